The Morgan fingerprint density at radius 3 is 2.56 bits per heavy atom. The van der Waals surface area contributed by atoms with Crippen molar-refractivity contribution < 1.29 is 9.18 Å². The Morgan fingerprint density at radius 2 is 1.96 bits per heavy atom. The maximum Gasteiger partial charge on any atom is 0.254 e. The second kappa shape index (κ2) is 6.54. The summed E-state index contributed by atoms with van der Waals surface area (Å²) in [7, 11) is 0. The van der Waals surface area contributed by atoms with Crippen LogP contribution in [0, 0.1) is 16.6 Å². The fourth-order valence-corrected chi connectivity index (χ4v) is 2.90. The molecule has 1 atom stereocenters. The van der Waals surface area contributed by atoms with Gasteiger partial charge in [0.05, 0.1) is 12.6 Å². The van der Waals surface area contributed by atoms with Crippen LogP contribution < -0.4 is 0 Å². The van der Waals surface area contributed by atoms with E-state index >= 15 is 0 Å². The highest BCUT2D eigenvalue weighted by Crippen LogP contribution is 2.17. The largest absolute Gasteiger partial charge is 0.327 e. The van der Waals surface area contributed by atoms with Gasteiger partial charge in [-0.3, -0.25) is 20.6 Å². The second-order valence-corrected chi connectivity index (χ2v) is 5.99. The maximum absolute atomic E-state index is 13.0. The van der Waals surface area contributed by atoms with Gasteiger partial charge < -0.3 is 9.80 Å². The van der Waals surface area contributed by atoms with Crippen LogP contribution in [-0.2, 0) is 0 Å². The summed E-state index contributed by atoms with van der Waals surface area (Å²) in [6, 6.07) is 4.88. The van der Waals surface area contributed by atoms with Crippen molar-refractivity contribution in [2.75, 3.05) is 19.6 Å². The lowest BCUT2D eigenvalue weighted by molar-refractivity contribution is 0.0701. The number of nitrogens with zero attached hydrogens (tertiary/aromatic N) is 4. The van der Waals surface area contributed by atoms with Crippen molar-refractivity contribution in [3.63, 3.8) is 0 Å². The molecule has 3 rings (SSSR count). The lowest BCUT2D eigenvalue weighted by atomic mass is 10.1. The Bertz CT molecular complexity index is 798. The van der Waals surface area contributed by atoms with Crippen molar-refractivity contribution in [1.29, 1.82) is 10.8 Å². The lowest BCUT2D eigenvalue weighted by Gasteiger charge is -2.41. The molecular formula is C17H19FN6O. The number of nitrogens with one attached hydrogen (secondary N) is 2. The third kappa shape index (κ3) is 3.19. The number of benzene rings is 1. The number of carbonyl (C=O) groups excluding carboxylic acids is 1. The van der Waals surface area contributed by atoms with E-state index in [-0.39, 0.29) is 17.6 Å². The fraction of sp³-hybridized carbons (Fsp3) is 0.353. The van der Waals surface area contributed by atoms with Crippen LogP contribution in [0.25, 0.3) is 0 Å². The summed E-state index contributed by atoms with van der Waals surface area (Å²) in [6.45, 7) is 4.58. The smallest absolute Gasteiger partial charge is 0.254 e. The summed E-state index contributed by atoms with van der Waals surface area (Å²) in [5, 5.41) is 16.6. The van der Waals surface area contributed by atoms with Crippen molar-refractivity contribution in [2.45, 2.75) is 19.9 Å². The number of piperazine rings is 1. The molecule has 1 amide bonds. The molecule has 1 unspecified atom stereocenters. The van der Waals surface area contributed by atoms with E-state index in [9.17, 15) is 9.18 Å². The van der Waals surface area contributed by atoms with Gasteiger partial charge in [-0.25, -0.2) is 9.38 Å². The van der Waals surface area contributed by atoms with Crippen molar-refractivity contribution in [3.8, 4) is 0 Å². The van der Waals surface area contributed by atoms with Crippen LogP contribution in [0.1, 0.15) is 24.2 Å². The minimum Gasteiger partial charge on any atom is -0.327 e. The Hall–Kier alpha value is -2.90. The predicted molar refractivity (Wildman–Crippen MR) is 94.5 cm³/mol. The van der Waals surface area contributed by atoms with E-state index in [0.717, 1.165) is 0 Å². The molecule has 8 heteroatoms. The van der Waals surface area contributed by atoms with Crippen LogP contribution in [0.2, 0.25) is 0 Å². The third-order valence-corrected chi connectivity index (χ3v) is 4.37. The lowest BCUT2D eigenvalue weighted by Crippen LogP contribution is -2.59. The molecule has 0 spiro atoms. The van der Waals surface area contributed by atoms with Crippen molar-refractivity contribution in [2.24, 2.45) is 9.98 Å². The van der Waals surface area contributed by atoms with Gasteiger partial charge in [0, 0.05) is 18.7 Å². The molecular weight excluding hydrogens is 323 g/mol. The van der Waals surface area contributed by atoms with Crippen molar-refractivity contribution in [1.82, 2.24) is 9.80 Å². The van der Waals surface area contributed by atoms with Crippen LogP contribution in [0.5, 0.6) is 0 Å². The number of amidine groups is 3. The summed E-state index contributed by atoms with van der Waals surface area (Å²) < 4.78 is 13.0. The number of hydrogen-bond acceptors (Lipinski definition) is 5. The average Bonchev–Trinajstić information content (AvgIpc) is 3.03. The van der Waals surface area contributed by atoms with Gasteiger partial charge >= 0.3 is 0 Å². The Balaban J connectivity index is 1.73. The van der Waals surface area contributed by atoms with Crippen molar-refractivity contribution in [3.05, 3.63) is 35.6 Å². The van der Waals surface area contributed by atoms with Gasteiger partial charge in [-0.1, -0.05) is 0 Å². The van der Waals surface area contributed by atoms with E-state index in [1.54, 1.807) is 23.6 Å². The number of amides is 1. The van der Waals surface area contributed by atoms with E-state index in [1.807, 2.05) is 0 Å². The molecule has 1 aromatic carbocycles. The van der Waals surface area contributed by atoms with Crippen LogP contribution in [0.4, 0.5) is 4.39 Å². The fourth-order valence-electron chi connectivity index (χ4n) is 2.90. The van der Waals surface area contributed by atoms with Crippen LogP contribution in [0.15, 0.2) is 34.3 Å². The standard InChI is InChI=1S/C17H19FN6O/c1-10-15(19)24(16(20)14-9-21-11(2)22-14)8-7-23(10)17(25)12-3-5-13(18)6-4-12/h3-6,10,19-20H,7-9H2,1-2H3. The minimum atomic E-state index is -0.490. The van der Waals surface area contributed by atoms with Crippen LogP contribution in [-0.4, -0.2) is 64.6 Å². The molecule has 0 aliphatic carbocycles. The zero-order valence-corrected chi connectivity index (χ0v) is 14.1. The highest BCUT2D eigenvalue weighted by molar-refractivity contribution is 6.45. The van der Waals surface area contributed by atoms with E-state index in [4.69, 9.17) is 10.8 Å². The van der Waals surface area contributed by atoms with Gasteiger partial charge in [0.1, 0.15) is 29.0 Å². The zero-order valence-electron chi connectivity index (χ0n) is 14.1. The van der Waals surface area contributed by atoms with Crippen LogP contribution >= 0.6 is 0 Å². The molecule has 25 heavy (non-hydrogen) atoms. The molecule has 2 heterocycles. The van der Waals surface area contributed by atoms with Gasteiger partial charge in [-0.15, -0.1) is 0 Å². The predicted octanol–water partition coefficient (Wildman–Crippen LogP) is 1.80. The molecule has 0 radical (unpaired) electrons. The Labute approximate surface area is 144 Å². The Morgan fingerprint density at radius 1 is 1.28 bits per heavy atom. The van der Waals surface area contributed by atoms with E-state index < -0.39 is 11.9 Å². The monoisotopic (exact) mass is 342 g/mol. The van der Waals surface area contributed by atoms with Gasteiger partial charge in [-0.05, 0) is 38.1 Å². The normalized spacial score (nSPS) is 20.4. The third-order valence-electron chi connectivity index (χ3n) is 4.37. The maximum atomic E-state index is 13.0. The van der Waals surface area contributed by atoms with Gasteiger partial charge in [0.2, 0.25) is 0 Å². The summed E-state index contributed by atoms with van der Waals surface area (Å²) in [5.41, 5.74) is 0.918. The molecule has 7 nitrogen and oxygen atoms in total. The molecule has 1 aromatic rings. The van der Waals surface area contributed by atoms with Crippen molar-refractivity contribution >= 4 is 29.1 Å². The quantitative estimate of drug-likeness (QED) is 0.633. The molecule has 1 saturated heterocycles. The molecule has 2 aliphatic rings. The first-order chi connectivity index (χ1) is 11.9. The SMILES string of the molecule is CC1=NCC(C(=N)N2CCN(C(=O)c3ccc(F)cc3)C(C)C2=N)=N1. The number of carbonyl (C=O) groups is 1. The second-order valence-electron chi connectivity index (χ2n) is 5.99. The molecule has 2 aliphatic heterocycles. The first kappa shape index (κ1) is 16.9. The molecule has 0 aromatic heterocycles. The molecule has 0 saturated carbocycles. The zero-order chi connectivity index (χ0) is 18.1. The highest BCUT2D eigenvalue weighted by atomic mass is 19.1. The molecule has 1 fully saturated rings. The van der Waals surface area contributed by atoms with E-state index in [0.29, 0.717) is 36.7 Å². The first-order valence-corrected chi connectivity index (χ1v) is 7.98. The highest BCUT2D eigenvalue weighted by Gasteiger charge is 2.35. The topological polar surface area (TPSA) is 96.0 Å². The number of rotatable bonds is 2. The van der Waals surface area contributed by atoms with Crippen LogP contribution in [0.3, 0.4) is 0 Å². The number of halogens is 1. The first-order valence-electron chi connectivity index (χ1n) is 7.98. The van der Waals surface area contributed by atoms with Gasteiger partial charge in [0.25, 0.3) is 5.91 Å². The minimum absolute atomic E-state index is 0.159. The number of aliphatic imine (C=N–C) groups is 2. The van der Waals surface area contributed by atoms with E-state index in [1.165, 1.54) is 24.3 Å². The Kier molecular flexibility index (Phi) is 4.43. The summed E-state index contributed by atoms with van der Waals surface area (Å²) >= 11 is 0. The molecule has 0 bridgehead atoms. The van der Waals surface area contributed by atoms with Gasteiger partial charge in [-0.2, -0.15) is 0 Å². The van der Waals surface area contributed by atoms with E-state index in [2.05, 4.69) is 9.98 Å². The molecule has 130 valence electrons. The molecule has 2 N–H and O–H groups in total. The number of hydrogen-bond donors (Lipinski definition) is 2. The van der Waals surface area contributed by atoms with Gasteiger partial charge in [0.15, 0.2) is 0 Å². The summed E-state index contributed by atoms with van der Waals surface area (Å²) in [5.74, 6) is 0.307. The average molecular weight is 342 g/mol. The summed E-state index contributed by atoms with van der Waals surface area (Å²) in [6.07, 6.45) is 0. The summed E-state index contributed by atoms with van der Waals surface area (Å²) in [4.78, 5) is 24.1.